The summed E-state index contributed by atoms with van der Waals surface area (Å²) in [7, 11) is 1.56. The highest BCUT2D eigenvalue weighted by Crippen LogP contribution is 2.30. The lowest BCUT2D eigenvalue weighted by Gasteiger charge is -2.20. The fraction of sp³-hybridized carbons (Fsp3) is 0.294. The minimum atomic E-state index is -1.01. The third kappa shape index (κ3) is 2.82. The molecule has 7 heteroatoms. The highest BCUT2D eigenvalue weighted by Gasteiger charge is 2.48. The fourth-order valence-corrected chi connectivity index (χ4v) is 3.39. The number of hydrogen-bond acceptors (Lipinski definition) is 5. The molecule has 1 aliphatic heterocycles. The largest absolute Gasteiger partial charge is 0.493 e. The normalized spacial score (nSPS) is 20.2. The minimum absolute atomic E-state index is 0.169. The van der Waals surface area contributed by atoms with E-state index in [1.165, 1.54) is 16.2 Å². The molecule has 0 saturated carbocycles. The van der Waals surface area contributed by atoms with E-state index >= 15 is 0 Å². The van der Waals surface area contributed by atoms with E-state index in [9.17, 15) is 9.59 Å². The topological polar surface area (TPSA) is 67.9 Å². The summed E-state index contributed by atoms with van der Waals surface area (Å²) in [4.78, 5) is 26.0. The van der Waals surface area contributed by atoms with Gasteiger partial charge in [0, 0.05) is 0 Å². The van der Waals surface area contributed by atoms with Crippen molar-refractivity contribution in [3.63, 3.8) is 0 Å². The Hall–Kier alpha value is -2.54. The number of imide groups is 1. The molecule has 24 heavy (non-hydrogen) atoms. The Kier molecular flexibility index (Phi) is 4.44. The van der Waals surface area contributed by atoms with Crippen molar-refractivity contribution in [2.75, 3.05) is 20.3 Å². The van der Waals surface area contributed by atoms with Crippen LogP contribution in [-0.2, 0) is 10.3 Å². The molecule has 1 N–H and O–H groups in total. The molecule has 1 saturated heterocycles. The van der Waals surface area contributed by atoms with Gasteiger partial charge in [0.05, 0.1) is 13.7 Å². The molecule has 1 aliphatic rings. The summed E-state index contributed by atoms with van der Waals surface area (Å²) >= 11 is 1.49. The van der Waals surface area contributed by atoms with Crippen LogP contribution in [0.5, 0.6) is 11.5 Å². The lowest BCUT2D eigenvalue weighted by molar-refractivity contribution is -0.131. The van der Waals surface area contributed by atoms with Crippen LogP contribution in [0, 0.1) is 0 Å². The van der Waals surface area contributed by atoms with Crippen LogP contribution in [-0.4, -0.2) is 37.1 Å². The third-order valence-corrected chi connectivity index (χ3v) is 4.70. The Bertz CT molecular complexity index is 747. The van der Waals surface area contributed by atoms with E-state index < -0.39 is 11.6 Å². The zero-order valence-electron chi connectivity index (χ0n) is 13.4. The maximum Gasteiger partial charge on any atom is 0.325 e. The summed E-state index contributed by atoms with van der Waals surface area (Å²) in [5.41, 5.74) is -0.222. The highest BCUT2D eigenvalue weighted by atomic mass is 32.1. The van der Waals surface area contributed by atoms with E-state index in [1.807, 2.05) is 29.0 Å². The molecule has 0 aliphatic carbocycles. The molecule has 2 heterocycles. The number of hydrogen-bond donors (Lipinski definition) is 1. The van der Waals surface area contributed by atoms with Crippen LogP contribution >= 0.6 is 11.3 Å². The van der Waals surface area contributed by atoms with E-state index in [-0.39, 0.29) is 19.1 Å². The van der Waals surface area contributed by atoms with E-state index in [4.69, 9.17) is 9.47 Å². The minimum Gasteiger partial charge on any atom is -0.493 e. The number of methoxy groups -OCH3 is 1. The average molecular weight is 346 g/mol. The zero-order valence-corrected chi connectivity index (χ0v) is 14.3. The summed E-state index contributed by atoms with van der Waals surface area (Å²) < 4.78 is 10.9. The molecule has 1 aromatic carbocycles. The third-order valence-electron chi connectivity index (χ3n) is 4.02. The molecule has 3 amide bonds. The molecule has 0 bridgehead atoms. The molecule has 1 fully saturated rings. The standard InChI is InChI=1S/C17H18N2O4S/c1-17(12-7-10-24-11-12)15(20)19(16(21)18-17)8-9-23-14-6-4-3-5-13(14)22-2/h3-7,10-11H,8-9H2,1-2H3,(H,18,21). The maximum atomic E-state index is 12.7. The first-order valence-electron chi connectivity index (χ1n) is 7.49. The summed E-state index contributed by atoms with van der Waals surface area (Å²) in [6.45, 7) is 2.08. The van der Waals surface area contributed by atoms with Crippen LogP contribution in [0.1, 0.15) is 12.5 Å². The number of nitrogens with one attached hydrogen (secondary N) is 1. The molecule has 1 atom stereocenters. The van der Waals surface area contributed by atoms with Gasteiger partial charge in [0.1, 0.15) is 12.1 Å². The van der Waals surface area contributed by atoms with Crippen LogP contribution in [0.2, 0.25) is 0 Å². The number of urea groups is 1. The number of benzene rings is 1. The number of amides is 3. The Morgan fingerprint density at radius 1 is 1.21 bits per heavy atom. The highest BCUT2D eigenvalue weighted by molar-refractivity contribution is 7.08. The Balaban J connectivity index is 1.66. The lowest BCUT2D eigenvalue weighted by atomic mass is 9.95. The van der Waals surface area contributed by atoms with Crippen molar-refractivity contribution >= 4 is 23.3 Å². The first-order chi connectivity index (χ1) is 11.6. The van der Waals surface area contributed by atoms with Crippen molar-refractivity contribution in [1.82, 2.24) is 10.2 Å². The molecule has 2 aromatic rings. The molecule has 1 aromatic heterocycles. The van der Waals surface area contributed by atoms with Gasteiger partial charge in [-0.05, 0) is 41.4 Å². The monoisotopic (exact) mass is 346 g/mol. The van der Waals surface area contributed by atoms with Gasteiger partial charge in [0.25, 0.3) is 5.91 Å². The van der Waals surface area contributed by atoms with Crippen LogP contribution in [0.3, 0.4) is 0 Å². The van der Waals surface area contributed by atoms with Gasteiger partial charge in [-0.15, -0.1) is 0 Å². The molecule has 6 nitrogen and oxygen atoms in total. The molecular formula is C17H18N2O4S. The van der Waals surface area contributed by atoms with Crippen molar-refractivity contribution in [3.05, 3.63) is 46.7 Å². The Morgan fingerprint density at radius 3 is 2.62 bits per heavy atom. The number of carbonyl (C=O) groups excluding carboxylic acids is 2. The number of rotatable bonds is 6. The maximum absolute atomic E-state index is 12.7. The van der Waals surface area contributed by atoms with Crippen molar-refractivity contribution in [3.8, 4) is 11.5 Å². The van der Waals surface area contributed by atoms with Gasteiger partial charge >= 0.3 is 6.03 Å². The van der Waals surface area contributed by atoms with Gasteiger partial charge in [0.2, 0.25) is 0 Å². The van der Waals surface area contributed by atoms with Crippen LogP contribution in [0.25, 0.3) is 0 Å². The predicted octanol–water partition coefficient (Wildman–Crippen LogP) is 2.60. The van der Waals surface area contributed by atoms with Crippen molar-refractivity contribution in [1.29, 1.82) is 0 Å². The van der Waals surface area contributed by atoms with Gasteiger partial charge in [-0.2, -0.15) is 11.3 Å². The van der Waals surface area contributed by atoms with Gasteiger partial charge in [0.15, 0.2) is 11.5 Å². The first-order valence-corrected chi connectivity index (χ1v) is 8.43. The SMILES string of the molecule is COc1ccccc1OCCN1C(=O)NC(C)(c2ccsc2)C1=O. The summed E-state index contributed by atoms with van der Waals surface area (Å²) in [6.07, 6.45) is 0. The molecule has 3 rings (SSSR count). The molecular weight excluding hydrogens is 328 g/mol. The van der Waals surface area contributed by atoms with E-state index in [2.05, 4.69) is 5.32 Å². The average Bonchev–Trinajstić information content (AvgIpc) is 3.19. The summed E-state index contributed by atoms with van der Waals surface area (Å²) in [6, 6.07) is 8.68. The number of ether oxygens (including phenoxy) is 2. The molecule has 0 radical (unpaired) electrons. The summed E-state index contributed by atoms with van der Waals surface area (Å²) in [5, 5.41) is 6.52. The van der Waals surface area contributed by atoms with Crippen molar-refractivity contribution in [2.24, 2.45) is 0 Å². The van der Waals surface area contributed by atoms with E-state index in [1.54, 1.807) is 26.2 Å². The number of para-hydroxylation sites is 2. The van der Waals surface area contributed by atoms with Gasteiger partial charge in [-0.3, -0.25) is 9.69 Å². The van der Waals surface area contributed by atoms with Gasteiger partial charge < -0.3 is 14.8 Å². The van der Waals surface area contributed by atoms with Crippen LogP contribution < -0.4 is 14.8 Å². The molecule has 1 unspecified atom stereocenters. The smallest absolute Gasteiger partial charge is 0.325 e. The van der Waals surface area contributed by atoms with Crippen LogP contribution in [0.15, 0.2) is 41.1 Å². The van der Waals surface area contributed by atoms with Gasteiger partial charge in [-0.25, -0.2) is 4.79 Å². The second-order valence-corrected chi connectivity index (χ2v) is 6.30. The Morgan fingerprint density at radius 2 is 1.96 bits per heavy atom. The number of thiophene rings is 1. The first kappa shape index (κ1) is 16.3. The summed E-state index contributed by atoms with van der Waals surface area (Å²) in [5.74, 6) is 0.917. The molecule has 0 spiro atoms. The quantitative estimate of drug-likeness (QED) is 0.817. The Labute approximate surface area is 144 Å². The van der Waals surface area contributed by atoms with Crippen LogP contribution in [0.4, 0.5) is 4.79 Å². The lowest BCUT2D eigenvalue weighted by Crippen LogP contribution is -2.41. The second kappa shape index (κ2) is 6.52. The van der Waals surface area contributed by atoms with Gasteiger partial charge in [-0.1, -0.05) is 12.1 Å². The fourth-order valence-electron chi connectivity index (χ4n) is 2.63. The molecule has 126 valence electrons. The van der Waals surface area contributed by atoms with Crippen molar-refractivity contribution < 1.29 is 19.1 Å². The van der Waals surface area contributed by atoms with Crippen molar-refractivity contribution in [2.45, 2.75) is 12.5 Å². The zero-order chi connectivity index (χ0) is 17.2. The number of nitrogens with zero attached hydrogens (tertiary/aromatic N) is 1. The van der Waals surface area contributed by atoms with E-state index in [0.717, 1.165) is 5.56 Å². The van der Waals surface area contributed by atoms with E-state index in [0.29, 0.717) is 11.5 Å². The predicted molar refractivity (Wildman–Crippen MR) is 90.4 cm³/mol. The number of carbonyl (C=O) groups is 2. The second-order valence-electron chi connectivity index (χ2n) is 5.52.